The predicted molar refractivity (Wildman–Crippen MR) is 149 cm³/mol. The van der Waals surface area contributed by atoms with Crippen molar-refractivity contribution in [3.63, 3.8) is 0 Å². The first kappa shape index (κ1) is 28.4. The Labute approximate surface area is 245 Å². The largest absolute Gasteiger partial charge is 1.00 e. The summed E-state index contributed by atoms with van der Waals surface area (Å²) in [6.45, 7) is 0. The summed E-state index contributed by atoms with van der Waals surface area (Å²) in [5.41, 5.74) is 7.71. The van der Waals surface area contributed by atoms with Crippen molar-refractivity contribution in [2.45, 2.75) is 0 Å². The van der Waals surface area contributed by atoms with Crippen molar-refractivity contribution >= 4 is 0 Å². The van der Waals surface area contributed by atoms with Gasteiger partial charge in [-0.05, 0) is 34.4 Å². The van der Waals surface area contributed by atoms with Crippen LogP contribution in [0.25, 0.3) is 44.8 Å². The Kier molecular flexibility index (Phi) is 8.85. The quantitative estimate of drug-likeness (QED) is 0.302. The van der Waals surface area contributed by atoms with Gasteiger partial charge in [-0.1, -0.05) is 60.7 Å². The zero-order valence-electron chi connectivity index (χ0n) is 21.4. The lowest BCUT2D eigenvalue weighted by molar-refractivity contribution is -0.596. The van der Waals surface area contributed by atoms with Gasteiger partial charge in [-0.15, -0.1) is 0 Å². The SMILES string of the molecule is Oc1ccc(-[n+]2ccc(-c3cc[n+](-c4ccc(O)c(-c5ccccc5)c4)cc3)cc2)cc1-c1ccccc1.[Cl-].[Cl-]. The molecule has 0 aliphatic heterocycles. The van der Waals surface area contributed by atoms with Crippen molar-refractivity contribution in [3.05, 3.63) is 146 Å². The van der Waals surface area contributed by atoms with Crippen LogP contribution in [-0.2, 0) is 0 Å². The lowest BCUT2D eigenvalue weighted by Gasteiger charge is -2.06. The molecule has 0 saturated carbocycles. The molecular formula is C34H26Cl2N2O2. The molecule has 0 unspecified atom stereocenters. The molecule has 4 nitrogen and oxygen atoms in total. The molecule has 0 amide bonds. The van der Waals surface area contributed by atoms with Crippen LogP contribution in [-0.4, -0.2) is 10.2 Å². The van der Waals surface area contributed by atoms with E-state index in [0.717, 1.165) is 44.8 Å². The molecule has 0 atom stereocenters. The van der Waals surface area contributed by atoms with E-state index >= 15 is 0 Å². The molecule has 6 rings (SSSR count). The summed E-state index contributed by atoms with van der Waals surface area (Å²) < 4.78 is 4.08. The van der Waals surface area contributed by atoms with Gasteiger partial charge in [-0.2, -0.15) is 9.13 Å². The van der Waals surface area contributed by atoms with Crippen molar-refractivity contribution < 1.29 is 44.2 Å². The molecule has 0 fully saturated rings. The molecule has 0 aliphatic rings. The second-order valence-electron chi connectivity index (χ2n) is 9.12. The highest BCUT2D eigenvalue weighted by molar-refractivity contribution is 5.72. The van der Waals surface area contributed by atoms with Crippen LogP contribution in [0, 0.1) is 0 Å². The van der Waals surface area contributed by atoms with Gasteiger partial charge in [-0.3, -0.25) is 0 Å². The van der Waals surface area contributed by atoms with Gasteiger partial charge >= 0.3 is 0 Å². The van der Waals surface area contributed by atoms with Gasteiger partial charge in [0.1, 0.15) is 11.5 Å². The highest BCUT2D eigenvalue weighted by Gasteiger charge is 2.14. The number of nitrogens with zero attached hydrogens (tertiary/aromatic N) is 2. The Hall–Kier alpha value is -4.64. The average Bonchev–Trinajstić information content (AvgIpc) is 2.99. The Morgan fingerprint density at radius 2 is 0.725 bits per heavy atom. The molecule has 0 aliphatic carbocycles. The minimum absolute atomic E-state index is 0. The number of hydrogen-bond donors (Lipinski definition) is 2. The van der Waals surface area contributed by atoms with Crippen LogP contribution < -0.4 is 33.9 Å². The van der Waals surface area contributed by atoms with Gasteiger partial charge < -0.3 is 35.0 Å². The number of benzene rings is 4. The Balaban J connectivity index is 0.00000185. The average molecular weight is 566 g/mol. The molecule has 0 saturated heterocycles. The van der Waals surface area contributed by atoms with Gasteiger partial charge in [-0.25, -0.2) is 0 Å². The van der Waals surface area contributed by atoms with E-state index in [2.05, 4.69) is 24.3 Å². The minimum atomic E-state index is 0. The third-order valence-corrected chi connectivity index (χ3v) is 6.72. The summed E-state index contributed by atoms with van der Waals surface area (Å²) in [6.07, 6.45) is 8.13. The minimum Gasteiger partial charge on any atom is -1.00 e. The van der Waals surface area contributed by atoms with Crippen molar-refractivity contribution in [2.24, 2.45) is 0 Å². The van der Waals surface area contributed by atoms with Crippen molar-refractivity contribution in [2.75, 3.05) is 0 Å². The fourth-order valence-corrected chi connectivity index (χ4v) is 4.65. The molecule has 40 heavy (non-hydrogen) atoms. The monoisotopic (exact) mass is 564 g/mol. The summed E-state index contributed by atoms with van der Waals surface area (Å²) in [5.74, 6) is 0.526. The second kappa shape index (κ2) is 12.5. The maximum Gasteiger partial charge on any atom is 0.211 e. The van der Waals surface area contributed by atoms with E-state index < -0.39 is 0 Å². The molecule has 2 heterocycles. The molecular weight excluding hydrogens is 539 g/mol. The summed E-state index contributed by atoms with van der Waals surface area (Å²) in [7, 11) is 0. The molecule has 2 aromatic heterocycles. The van der Waals surface area contributed by atoms with Gasteiger partial charge in [0, 0.05) is 59.7 Å². The fourth-order valence-electron chi connectivity index (χ4n) is 4.65. The third kappa shape index (κ3) is 5.84. The van der Waals surface area contributed by atoms with Gasteiger partial charge in [0.2, 0.25) is 11.4 Å². The van der Waals surface area contributed by atoms with Crippen LogP contribution in [0.3, 0.4) is 0 Å². The molecule has 6 heteroatoms. The first-order chi connectivity index (χ1) is 18.7. The lowest BCUT2D eigenvalue weighted by Crippen LogP contribution is -3.00. The molecule has 6 aromatic rings. The fraction of sp³-hybridized carbons (Fsp3) is 0. The molecule has 0 bridgehead atoms. The van der Waals surface area contributed by atoms with Crippen molar-refractivity contribution in [1.29, 1.82) is 0 Å². The highest BCUT2D eigenvalue weighted by atomic mass is 35.5. The second-order valence-corrected chi connectivity index (χ2v) is 9.12. The van der Waals surface area contributed by atoms with E-state index in [9.17, 15) is 10.2 Å². The standard InChI is InChI=1S/C34H24N2O2.2ClH/c37-33-13-11-29(23-31(33)27-7-3-1-4-8-27)35-19-15-25(16-20-35)26-17-21-36(22-18-26)30-12-14-34(38)32(24-30)28-9-5-2-6-10-28;;/h1-24H;2*1H. The molecule has 0 spiro atoms. The van der Waals surface area contributed by atoms with Crippen molar-refractivity contribution in [3.8, 4) is 56.3 Å². The number of pyridine rings is 2. The zero-order valence-corrected chi connectivity index (χ0v) is 22.9. The van der Waals surface area contributed by atoms with Gasteiger partial charge in [0.15, 0.2) is 24.8 Å². The van der Waals surface area contributed by atoms with Crippen LogP contribution in [0.1, 0.15) is 0 Å². The maximum absolute atomic E-state index is 10.4. The zero-order chi connectivity index (χ0) is 25.9. The van der Waals surface area contributed by atoms with Gasteiger partial charge in [0.05, 0.1) is 0 Å². The Morgan fingerprint density at radius 3 is 1.07 bits per heavy atom. The lowest BCUT2D eigenvalue weighted by atomic mass is 10.0. The first-order valence-electron chi connectivity index (χ1n) is 12.5. The Bertz CT molecular complexity index is 1580. The van der Waals surface area contributed by atoms with Crippen molar-refractivity contribution in [1.82, 2.24) is 0 Å². The summed E-state index contributed by atoms with van der Waals surface area (Å²) in [4.78, 5) is 0. The number of halogens is 2. The van der Waals surface area contributed by atoms with E-state index in [1.165, 1.54) is 0 Å². The summed E-state index contributed by atoms with van der Waals surface area (Å²) >= 11 is 0. The molecule has 0 radical (unpaired) electrons. The van der Waals surface area contributed by atoms with Crippen LogP contribution in [0.2, 0.25) is 0 Å². The number of aromatic nitrogens is 2. The highest BCUT2D eigenvalue weighted by Crippen LogP contribution is 2.31. The number of hydrogen-bond acceptors (Lipinski definition) is 2. The summed E-state index contributed by atoms with van der Waals surface area (Å²) in [5, 5.41) is 20.8. The van der Waals surface area contributed by atoms with E-state index in [4.69, 9.17) is 0 Å². The molecule has 2 N–H and O–H groups in total. The smallest absolute Gasteiger partial charge is 0.211 e. The molecule has 198 valence electrons. The summed E-state index contributed by atoms with van der Waals surface area (Å²) in [6, 6.07) is 39.4. The maximum atomic E-state index is 10.4. The first-order valence-corrected chi connectivity index (χ1v) is 12.5. The third-order valence-electron chi connectivity index (χ3n) is 6.72. The number of aromatic hydroxyl groups is 2. The van der Waals surface area contributed by atoms with Crippen LogP contribution in [0.15, 0.2) is 146 Å². The number of phenolic OH excluding ortho intramolecular Hbond substituents is 2. The predicted octanol–water partition coefficient (Wildman–Crippen LogP) is 0.660. The molecule has 4 aromatic carbocycles. The van der Waals surface area contributed by atoms with Crippen LogP contribution in [0.5, 0.6) is 11.5 Å². The van der Waals surface area contributed by atoms with E-state index in [1.807, 2.05) is 119 Å². The van der Waals surface area contributed by atoms with E-state index in [1.54, 1.807) is 12.1 Å². The van der Waals surface area contributed by atoms with E-state index in [-0.39, 0.29) is 36.3 Å². The normalized spacial score (nSPS) is 10.3. The van der Waals surface area contributed by atoms with Crippen LogP contribution in [0.4, 0.5) is 0 Å². The van der Waals surface area contributed by atoms with Gasteiger partial charge in [0.25, 0.3) is 0 Å². The number of phenols is 2. The van der Waals surface area contributed by atoms with E-state index in [0.29, 0.717) is 0 Å². The topological polar surface area (TPSA) is 48.2 Å². The van der Waals surface area contributed by atoms with Crippen LogP contribution >= 0.6 is 0 Å². The Morgan fingerprint density at radius 1 is 0.375 bits per heavy atom. The number of rotatable bonds is 5.